The maximum atomic E-state index is 9.06. The molecule has 0 spiro atoms. The van der Waals surface area contributed by atoms with E-state index < -0.39 is 0 Å². The number of ether oxygens (including phenoxy) is 1. The molecule has 20 heavy (non-hydrogen) atoms. The van der Waals surface area contributed by atoms with Crippen LogP contribution in [0.1, 0.15) is 12.8 Å². The van der Waals surface area contributed by atoms with E-state index in [-0.39, 0.29) is 6.61 Å². The summed E-state index contributed by atoms with van der Waals surface area (Å²) >= 11 is 0. The first-order valence-electron chi connectivity index (χ1n) is 7.10. The molecule has 0 bridgehead atoms. The molecule has 4 heteroatoms. The first-order chi connectivity index (χ1) is 9.81. The van der Waals surface area contributed by atoms with Gasteiger partial charge >= 0.3 is 0 Å². The van der Waals surface area contributed by atoms with Crippen LogP contribution in [0.4, 0.5) is 5.82 Å². The third-order valence-electron chi connectivity index (χ3n) is 4.07. The number of methoxy groups -OCH3 is 1. The van der Waals surface area contributed by atoms with Crippen molar-refractivity contribution in [1.29, 1.82) is 0 Å². The summed E-state index contributed by atoms with van der Waals surface area (Å²) in [5.41, 5.74) is 0. The Hall–Kier alpha value is -1.81. The van der Waals surface area contributed by atoms with Crippen LogP contribution in [0.15, 0.2) is 30.5 Å². The van der Waals surface area contributed by atoms with Gasteiger partial charge < -0.3 is 14.7 Å². The van der Waals surface area contributed by atoms with Gasteiger partial charge in [0, 0.05) is 31.3 Å². The van der Waals surface area contributed by atoms with Gasteiger partial charge in [0.2, 0.25) is 0 Å². The molecule has 4 nitrogen and oxygen atoms in total. The van der Waals surface area contributed by atoms with E-state index in [4.69, 9.17) is 9.84 Å². The van der Waals surface area contributed by atoms with Gasteiger partial charge in [0.05, 0.1) is 7.11 Å². The molecule has 2 heterocycles. The molecule has 1 saturated heterocycles. The van der Waals surface area contributed by atoms with Crippen molar-refractivity contribution >= 4 is 16.6 Å². The molecule has 106 valence electrons. The van der Waals surface area contributed by atoms with Crippen LogP contribution < -0.4 is 9.64 Å². The molecule has 1 N–H and O–H groups in total. The zero-order valence-electron chi connectivity index (χ0n) is 11.7. The summed E-state index contributed by atoms with van der Waals surface area (Å²) in [6.07, 6.45) is 3.88. The van der Waals surface area contributed by atoms with Gasteiger partial charge in [-0.1, -0.05) is 0 Å². The Kier molecular flexibility index (Phi) is 3.74. The van der Waals surface area contributed by atoms with Crippen LogP contribution in [0.2, 0.25) is 0 Å². The highest BCUT2D eigenvalue weighted by atomic mass is 16.5. The molecular formula is C16H20N2O2. The minimum Gasteiger partial charge on any atom is -0.497 e. The molecule has 0 radical (unpaired) electrons. The number of nitrogens with zero attached hydrogens (tertiary/aromatic N) is 2. The Morgan fingerprint density at radius 1 is 1.40 bits per heavy atom. The van der Waals surface area contributed by atoms with Crippen molar-refractivity contribution in [3.8, 4) is 5.75 Å². The fraction of sp³-hybridized carbons (Fsp3) is 0.438. The lowest BCUT2D eigenvalue weighted by atomic mass is 10.1. The molecule has 1 unspecified atom stereocenters. The average molecular weight is 272 g/mol. The molecule has 2 aromatic rings. The third kappa shape index (κ3) is 2.43. The van der Waals surface area contributed by atoms with Crippen LogP contribution in [0, 0.1) is 5.92 Å². The summed E-state index contributed by atoms with van der Waals surface area (Å²) < 4.78 is 5.27. The first-order valence-corrected chi connectivity index (χ1v) is 7.10. The van der Waals surface area contributed by atoms with Crippen LogP contribution in [-0.2, 0) is 0 Å². The van der Waals surface area contributed by atoms with E-state index in [1.54, 1.807) is 7.11 Å². The number of hydrogen-bond donors (Lipinski definition) is 1. The van der Waals surface area contributed by atoms with Crippen molar-refractivity contribution in [1.82, 2.24) is 4.98 Å². The van der Waals surface area contributed by atoms with E-state index in [9.17, 15) is 0 Å². The highest BCUT2D eigenvalue weighted by Gasteiger charge is 2.24. The van der Waals surface area contributed by atoms with Crippen LogP contribution in [0.3, 0.4) is 0 Å². The Morgan fingerprint density at radius 2 is 2.30 bits per heavy atom. The molecule has 3 rings (SSSR count). The SMILES string of the molecule is COc1ccc2c(N3CCC(CCO)C3)nccc2c1. The van der Waals surface area contributed by atoms with E-state index in [1.807, 2.05) is 24.4 Å². The topological polar surface area (TPSA) is 45.6 Å². The van der Waals surface area contributed by atoms with Gasteiger partial charge in [-0.2, -0.15) is 0 Å². The van der Waals surface area contributed by atoms with Crippen molar-refractivity contribution < 1.29 is 9.84 Å². The number of rotatable bonds is 4. The maximum absolute atomic E-state index is 9.06. The summed E-state index contributed by atoms with van der Waals surface area (Å²) in [4.78, 5) is 6.89. The lowest BCUT2D eigenvalue weighted by Gasteiger charge is -2.19. The number of aliphatic hydroxyl groups excluding tert-OH is 1. The smallest absolute Gasteiger partial charge is 0.136 e. The molecule has 1 fully saturated rings. The molecule has 0 aliphatic carbocycles. The number of pyridine rings is 1. The molecule has 0 amide bonds. The second kappa shape index (κ2) is 5.67. The van der Waals surface area contributed by atoms with Gasteiger partial charge in [-0.25, -0.2) is 4.98 Å². The summed E-state index contributed by atoms with van der Waals surface area (Å²) in [7, 11) is 1.68. The normalized spacial score (nSPS) is 18.7. The Labute approximate surface area is 119 Å². The number of aliphatic hydroxyl groups is 1. The second-order valence-corrected chi connectivity index (χ2v) is 5.33. The average Bonchev–Trinajstić information content (AvgIpc) is 2.95. The molecule has 1 aromatic heterocycles. The van der Waals surface area contributed by atoms with Gasteiger partial charge in [-0.15, -0.1) is 0 Å². The van der Waals surface area contributed by atoms with Gasteiger partial charge in [0.15, 0.2) is 0 Å². The van der Waals surface area contributed by atoms with Crippen LogP contribution >= 0.6 is 0 Å². The highest BCUT2D eigenvalue weighted by molar-refractivity contribution is 5.93. The van der Waals surface area contributed by atoms with Gasteiger partial charge in [0.1, 0.15) is 11.6 Å². The van der Waals surface area contributed by atoms with Crippen molar-refractivity contribution in [2.75, 3.05) is 31.7 Å². The monoisotopic (exact) mass is 272 g/mol. The largest absolute Gasteiger partial charge is 0.497 e. The number of hydrogen-bond acceptors (Lipinski definition) is 4. The van der Waals surface area contributed by atoms with Gasteiger partial charge in [-0.05, 0) is 48.4 Å². The zero-order valence-corrected chi connectivity index (χ0v) is 11.7. The molecule has 1 aliphatic heterocycles. The summed E-state index contributed by atoms with van der Waals surface area (Å²) in [6.45, 7) is 2.28. The number of fused-ring (bicyclic) bond motifs is 1. The first kappa shape index (κ1) is 13.2. The van der Waals surface area contributed by atoms with Crippen LogP contribution in [0.5, 0.6) is 5.75 Å². The summed E-state index contributed by atoms with van der Waals surface area (Å²) in [5, 5.41) is 11.4. The Bertz CT molecular complexity index is 600. The standard InChI is InChI=1S/C16H20N2O2/c1-20-14-2-3-15-13(10-14)4-7-17-16(15)18-8-5-12(11-18)6-9-19/h2-4,7,10,12,19H,5-6,8-9,11H2,1H3. The van der Waals surface area contributed by atoms with Crippen molar-refractivity contribution in [2.45, 2.75) is 12.8 Å². The Morgan fingerprint density at radius 3 is 3.10 bits per heavy atom. The van der Waals surface area contributed by atoms with E-state index in [0.717, 1.165) is 48.3 Å². The highest BCUT2D eigenvalue weighted by Crippen LogP contribution is 2.31. The van der Waals surface area contributed by atoms with Crippen molar-refractivity contribution in [2.24, 2.45) is 5.92 Å². The number of aromatic nitrogens is 1. The minimum atomic E-state index is 0.276. The molecule has 1 aliphatic rings. The lowest BCUT2D eigenvalue weighted by molar-refractivity contribution is 0.263. The zero-order chi connectivity index (χ0) is 13.9. The number of anilines is 1. The molecule has 1 atom stereocenters. The van der Waals surface area contributed by atoms with E-state index in [0.29, 0.717) is 5.92 Å². The number of benzene rings is 1. The quantitative estimate of drug-likeness (QED) is 0.928. The van der Waals surface area contributed by atoms with E-state index >= 15 is 0 Å². The molecule has 0 saturated carbocycles. The maximum Gasteiger partial charge on any atom is 0.136 e. The third-order valence-corrected chi connectivity index (χ3v) is 4.07. The molecular weight excluding hydrogens is 252 g/mol. The van der Waals surface area contributed by atoms with E-state index in [1.165, 1.54) is 0 Å². The van der Waals surface area contributed by atoms with Crippen LogP contribution in [0.25, 0.3) is 10.8 Å². The van der Waals surface area contributed by atoms with Gasteiger partial charge in [0.25, 0.3) is 0 Å². The fourth-order valence-electron chi connectivity index (χ4n) is 2.96. The molecule has 1 aromatic carbocycles. The summed E-state index contributed by atoms with van der Waals surface area (Å²) in [5.74, 6) is 2.50. The van der Waals surface area contributed by atoms with E-state index in [2.05, 4.69) is 16.0 Å². The second-order valence-electron chi connectivity index (χ2n) is 5.33. The fourth-order valence-corrected chi connectivity index (χ4v) is 2.96. The predicted octanol–water partition coefficient (Wildman–Crippen LogP) is 2.45. The van der Waals surface area contributed by atoms with Crippen molar-refractivity contribution in [3.05, 3.63) is 30.5 Å². The minimum absolute atomic E-state index is 0.276. The van der Waals surface area contributed by atoms with Gasteiger partial charge in [-0.3, -0.25) is 0 Å². The lowest BCUT2D eigenvalue weighted by Crippen LogP contribution is -2.21. The summed E-state index contributed by atoms with van der Waals surface area (Å²) in [6, 6.07) is 8.12. The van der Waals surface area contributed by atoms with Crippen LogP contribution in [-0.4, -0.2) is 36.9 Å². The van der Waals surface area contributed by atoms with Crippen molar-refractivity contribution in [3.63, 3.8) is 0 Å². The predicted molar refractivity (Wildman–Crippen MR) is 80.3 cm³/mol. The Balaban J connectivity index is 1.92.